The number of halogens is 1. The van der Waals surface area contributed by atoms with Crippen LogP contribution in [-0.4, -0.2) is 23.1 Å². The summed E-state index contributed by atoms with van der Waals surface area (Å²) in [5.41, 5.74) is 4.89. The van der Waals surface area contributed by atoms with E-state index in [2.05, 4.69) is 21.2 Å². The van der Waals surface area contributed by atoms with Gasteiger partial charge in [0.15, 0.2) is 0 Å². The van der Waals surface area contributed by atoms with Gasteiger partial charge in [-0.2, -0.15) is 5.26 Å². The quantitative estimate of drug-likeness (QED) is 0.214. The van der Waals surface area contributed by atoms with Gasteiger partial charge in [0, 0.05) is 26.4 Å². The van der Waals surface area contributed by atoms with Crippen LogP contribution in [0.5, 0.6) is 0 Å². The van der Waals surface area contributed by atoms with Crippen molar-refractivity contribution >= 4 is 50.9 Å². The molecule has 2 aromatic heterocycles. The molecule has 6 nitrogen and oxygen atoms in total. The van der Waals surface area contributed by atoms with Gasteiger partial charge in [-0.15, -0.1) is 11.3 Å². The number of fused-ring (bicyclic) bond motifs is 1. The molecule has 2 heterocycles. The van der Waals surface area contributed by atoms with E-state index in [9.17, 15) is 14.9 Å². The molecule has 4 rings (SSSR count). The van der Waals surface area contributed by atoms with Gasteiger partial charge in [0.2, 0.25) is 0 Å². The van der Waals surface area contributed by atoms with Gasteiger partial charge < -0.3 is 14.6 Å². The molecule has 35 heavy (non-hydrogen) atoms. The van der Waals surface area contributed by atoms with Crippen molar-refractivity contribution in [2.45, 2.75) is 46.5 Å². The molecular formula is C27H26BrN3O3S. The van der Waals surface area contributed by atoms with Crippen molar-refractivity contribution in [1.29, 1.82) is 5.26 Å². The molecule has 0 bridgehead atoms. The molecular weight excluding hydrogens is 526 g/mol. The summed E-state index contributed by atoms with van der Waals surface area (Å²) in [6.07, 6.45) is 5.62. The molecule has 0 aliphatic heterocycles. The maximum atomic E-state index is 13.0. The zero-order valence-corrected chi connectivity index (χ0v) is 22.3. The van der Waals surface area contributed by atoms with Gasteiger partial charge in [-0.3, -0.25) is 4.79 Å². The number of nitriles is 1. The third-order valence-corrected chi connectivity index (χ3v) is 7.88. The Bertz CT molecular complexity index is 1360. The number of carbonyl (C=O) groups excluding carboxylic acids is 2. The van der Waals surface area contributed by atoms with Crippen LogP contribution in [0.2, 0.25) is 0 Å². The van der Waals surface area contributed by atoms with Crippen LogP contribution < -0.4 is 5.32 Å². The summed E-state index contributed by atoms with van der Waals surface area (Å²) in [5, 5.41) is 13.3. The minimum Gasteiger partial charge on any atom is -0.462 e. The third kappa shape index (κ3) is 5.12. The highest BCUT2D eigenvalue weighted by atomic mass is 79.9. The molecule has 8 heteroatoms. The normalized spacial score (nSPS) is 13.2. The van der Waals surface area contributed by atoms with E-state index in [-0.39, 0.29) is 11.5 Å². The summed E-state index contributed by atoms with van der Waals surface area (Å²) in [6.45, 7) is 6.04. The van der Waals surface area contributed by atoms with E-state index in [0.29, 0.717) is 17.9 Å². The number of aromatic nitrogens is 1. The van der Waals surface area contributed by atoms with Crippen LogP contribution in [0.3, 0.4) is 0 Å². The first-order valence-electron chi connectivity index (χ1n) is 11.5. The first-order valence-corrected chi connectivity index (χ1v) is 13.1. The molecule has 0 saturated heterocycles. The lowest BCUT2D eigenvalue weighted by Gasteiger charge is -2.13. The second-order valence-electron chi connectivity index (χ2n) is 8.40. The lowest BCUT2D eigenvalue weighted by Crippen LogP contribution is -2.13. The number of anilines is 1. The van der Waals surface area contributed by atoms with E-state index < -0.39 is 5.91 Å². The summed E-state index contributed by atoms with van der Waals surface area (Å²) >= 11 is 5.01. The highest BCUT2D eigenvalue weighted by Crippen LogP contribution is 2.39. The number of hydrogen-bond acceptors (Lipinski definition) is 5. The van der Waals surface area contributed by atoms with Crippen molar-refractivity contribution in [3.8, 4) is 11.1 Å². The fourth-order valence-electron chi connectivity index (χ4n) is 4.40. The second kappa shape index (κ2) is 10.6. The highest BCUT2D eigenvalue weighted by molar-refractivity contribution is 9.10. The van der Waals surface area contributed by atoms with Crippen molar-refractivity contribution in [3.05, 3.63) is 73.3 Å². The predicted molar refractivity (Wildman–Crippen MR) is 142 cm³/mol. The lowest BCUT2D eigenvalue weighted by molar-refractivity contribution is -0.112. The number of thiophene rings is 1. The molecule has 1 aliphatic carbocycles. The first kappa shape index (κ1) is 25.0. The third-order valence-electron chi connectivity index (χ3n) is 6.07. The SMILES string of the molecule is CCOC(=O)c1c(-n2c(C)cc(/C=C(\C#N)C(=O)Nc3ccc(Br)cc3)c2C)sc2c1CCCC2. The first-order chi connectivity index (χ1) is 16.8. The Labute approximate surface area is 217 Å². The maximum absolute atomic E-state index is 13.0. The molecule has 1 N–H and O–H groups in total. The zero-order valence-electron chi connectivity index (χ0n) is 19.9. The zero-order chi connectivity index (χ0) is 25.1. The largest absolute Gasteiger partial charge is 0.462 e. The van der Waals surface area contributed by atoms with E-state index in [4.69, 9.17) is 4.74 Å². The number of carbonyl (C=O) groups is 2. The monoisotopic (exact) mass is 551 g/mol. The summed E-state index contributed by atoms with van der Waals surface area (Å²) < 4.78 is 8.37. The van der Waals surface area contributed by atoms with Crippen LogP contribution in [0.25, 0.3) is 11.1 Å². The van der Waals surface area contributed by atoms with E-state index in [1.807, 2.05) is 49.6 Å². The van der Waals surface area contributed by atoms with Gasteiger partial charge in [0.1, 0.15) is 16.6 Å². The highest BCUT2D eigenvalue weighted by Gasteiger charge is 2.28. The van der Waals surface area contributed by atoms with E-state index in [1.54, 1.807) is 29.5 Å². The Morgan fingerprint density at radius 3 is 2.63 bits per heavy atom. The number of benzene rings is 1. The Hall–Kier alpha value is -3.15. The van der Waals surface area contributed by atoms with Crippen molar-refractivity contribution in [2.75, 3.05) is 11.9 Å². The number of esters is 1. The van der Waals surface area contributed by atoms with Crippen molar-refractivity contribution in [2.24, 2.45) is 0 Å². The lowest BCUT2D eigenvalue weighted by atomic mass is 9.95. The van der Waals surface area contributed by atoms with E-state index >= 15 is 0 Å². The number of nitrogens with zero attached hydrogens (tertiary/aromatic N) is 2. The molecule has 3 aromatic rings. The molecule has 0 atom stereocenters. The fourth-order valence-corrected chi connectivity index (χ4v) is 6.16. The molecule has 0 fully saturated rings. The fraction of sp³-hybridized carbons (Fsp3) is 0.296. The van der Waals surface area contributed by atoms with Crippen LogP contribution >= 0.6 is 27.3 Å². The minimum atomic E-state index is -0.474. The standard InChI is InChI=1S/C27H26BrN3O3S/c1-4-34-27(33)24-22-7-5-6-8-23(22)35-26(24)31-16(2)13-18(17(31)3)14-19(15-29)25(32)30-21-11-9-20(28)10-12-21/h9-14H,4-8H2,1-3H3,(H,30,32)/b19-14+. The number of nitrogens with one attached hydrogen (secondary N) is 1. The summed E-state index contributed by atoms with van der Waals surface area (Å²) in [6, 6.07) is 11.1. The van der Waals surface area contributed by atoms with Crippen LogP contribution in [-0.2, 0) is 22.4 Å². The number of aryl methyl sites for hydroxylation is 2. The minimum absolute atomic E-state index is 0.00394. The topological polar surface area (TPSA) is 84.1 Å². The van der Waals surface area contributed by atoms with Crippen LogP contribution in [0, 0.1) is 25.2 Å². The number of rotatable bonds is 6. The summed E-state index contributed by atoms with van der Waals surface area (Å²) in [5.74, 6) is -0.767. The average molecular weight is 552 g/mol. The predicted octanol–water partition coefficient (Wildman–Crippen LogP) is 6.52. The van der Waals surface area contributed by atoms with Crippen LogP contribution in [0.4, 0.5) is 5.69 Å². The Morgan fingerprint density at radius 1 is 1.23 bits per heavy atom. The smallest absolute Gasteiger partial charge is 0.341 e. The van der Waals surface area contributed by atoms with Crippen molar-refractivity contribution < 1.29 is 14.3 Å². The van der Waals surface area contributed by atoms with Gasteiger partial charge in [-0.1, -0.05) is 15.9 Å². The Morgan fingerprint density at radius 2 is 1.94 bits per heavy atom. The van der Waals surface area contributed by atoms with Gasteiger partial charge in [0.05, 0.1) is 12.2 Å². The number of hydrogen-bond donors (Lipinski definition) is 1. The van der Waals surface area contributed by atoms with Gasteiger partial charge in [-0.25, -0.2) is 4.79 Å². The molecule has 1 amide bonds. The van der Waals surface area contributed by atoms with Gasteiger partial charge in [0.25, 0.3) is 5.91 Å². The van der Waals surface area contributed by atoms with Crippen molar-refractivity contribution in [3.63, 3.8) is 0 Å². The van der Waals surface area contributed by atoms with Crippen LogP contribution in [0.1, 0.15) is 57.5 Å². The van der Waals surface area contributed by atoms with E-state index in [0.717, 1.165) is 57.7 Å². The maximum Gasteiger partial charge on any atom is 0.341 e. The molecule has 0 spiro atoms. The molecule has 0 radical (unpaired) electrons. The van der Waals surface area contributed by atoms with Crippen molar-refractivity contribution in [1.82, 2.24) is 4.57 Å². The molecule has 1 aliphatic rings. The second-order valence-corrected chi connectivity index (χ2v) is 10.4. The number of ether oxygens (including phenoxy) is 1. The molecule has 180 valence electrons. The average Bonchev–Trinajstić information content (AvgIpc) is 3.35. The van der Waals surface area contributed by atoms with Crippen LogP contribution in [0.15, 0.2) is 40.4 Å². The molecule has 1 aromatic carbocycles. The summed E-state index contributed by atoms with van der Waals surface area (Å²) in [7, 11) is 0. The molecule has 0 saturated carbocycles. The van der Waals surface area contributed by atoms with E-state index in [1.165, 1.54) is 4.88 Å². The number of amides is 1. The van der Waals surface area contributed by atoms with Gasteiger partial charge in [-0.05, 0) is 94.0 Å². The summed E-state index contributed by atoms with van der Waals surface area (Å²) in [4.78, 5) is 27.0. The molecule has 0 unspecified atom stereocenters. The Kier molecular flexibility index (Phi) is 7.58. The Balaban J connectivity index is 1.73. The van der Waals surface area contributed by atoms with Gasteiger partial charge >= 0.3 is 5.97 Å².